The molecule has 0 radical (unpaired) electrons. The van der Waals surface area contributed by atoms with Gasteiger partial charge < -0.3 is 15.3 Å². The molecule has 4 aromatic rings. The van der Waals surface area contributed by atoms with Gasteiger partial charge in [-0.25, -0.2) is 13.8 Å². The van der Waals surface area contributed by atoms with Crippen molar-refractivity contribution in [3.63, 3.8) is 0 Å². The molecular formula is C36H42F2N6O2. The molecule has 1 amide bonds. The average Bonchev–Trinajstić information content (AvgIpc) is 3.06. The number of halogens is 2. The number of carbonyl (C=O) groups is 1. The first kappa shape index (κ1) is 32.1. The highest BCUT2D eigenvalue weighted by molar-refractivity contribution is 5.98. The van der Waals surface area contributed by atoms with Gasteiger partial charge >= 0.3 is 0 Å². The molecule has 242 valence electrons. The van der Waals surface area contributed by atoms with Gasteiger partial charge in [-0.05, 0) is 105 Å². The van der Waals surface area contributed by atoms with E-state index in [1.807, 2.05) is 39.0 Å². The molecule has 4 heterocycles. The molecule has 3 aromatic heterocycles. The van der Waals surface area contributed by atoms with Gasteiger partial charge in [0.1, 0.15) is 17.0 Å². The fourth-order valence-electron chi connectivity index (χ4n) is 6.81. The van der Waals surface area contributed by atoms with Gasteiger partial charge in [0.25, 0.3) is 5.91 Å². The standard InChI is InChI=1S/C36H42F2N6O2/c1-22(2)36(38)11-6-32-29(19-36)17-27-16-28(18-30(37)34(27)42-32)35(46)43-33(10-15-44-13-8-24(9-14-44)23(3)45)25-4-5-31(39-20-25)26-7-12-40-41-21-26/h4-5,7,12,16-18,20-24,33,45H,6,8-11,13-15,19H2,1-3H3,(H,43,46)/t23?,33-,36+/m1/s1. The maximum absolute atomic E-state index is 15.6. The van der Waals surface area contributed by atoms with E-state index in [9.17, 15) is 9.90 Å². The lowest BCUT2D eigenvalue weighted by atomic mass is 9.77. The van der Waals surface area contributed by atoms with Crippen molar-refractivity contribution in [1.29, 1.82) is 0 Å². The van der Waals surface area contributed by atoms with Crippen molar-refractivity contribution in [3.05, 3.63) is 83.2 Å². The summed E-state index contributed by atoms with van der Waals surface area (Å²) < 4.78 is 31.0. The maximum atomic E-state index is 15.6. The van der Waals surface area contributed by atoms with E-state index in [1.165, 1.54) is 6.07 Å². The number of benzene rings is 1. The molecule has 0 bridgehead atoms. The molecule has 1 unspecified atom stereocenters. The molecular weight excluding hydrogens is 586 g/mol. The molecule has 1 fully saturated rings. The Bertz CT molecular complexity index is 1680. The van der Waals surface area contributed by atoms with E-state index in [0.29, 0.717) is 30.6 Å². The number of rotatable bonds is 9. The molecule has 0 spiro atoms. The van der Waals surface area contributed by atoms with Crippen molar-refractivity contribution >= 4 is 16.8 Å². The summed E-state index contributed by atoms with van der Waals surface area (Å²) >= 11 is 0. The van der Waals surface area contributed by atoms with E-state index in [2.05, 4.69) is 30.4 Å². The van der Waals surface area contributed by atoms with Crippen LogP contribution in [-0.4, -0.2) is 67.5 Å². The first-order valence-electron chi connectivity index (χ1n) is 16.3. The number of aliphatic hydroxyl groups is 1. The largest absolute Gasteiger partial charge is 0.393 e. The van der Waals surface area contributed by atoms with Crippen LogP contribution in [0.1, 0.15) is 79.7 Å². The number of aromatic nitrogens is 4. The molecule has 10 heteroatoms. The number of likely N-dealkylation sites (tertiary alicyclic amines) is 1. The maximum Gasteiger partial charge on any atom is 0.251 e. The minimum atomic E-state index is -1.33. The fourth-order valence-corrected chi connectivity index (χ4v) is 6.81. The molecule has 2 N–H and O–H groups in total. The summed E-state index contributed by atoms with van der Waals surface area (Å²) in [5, 5.41) is 21.4. The lowest BCUT2D eigenvalue weighted by Gasteiger charge is -2.34. The fraction of sp³-hybridized carbons (Fsp3) is 0.472. The zero-order valence-electron chi connectivity index (χ0n) is 26.7. The number of alkyl halides is 1. The van der Waals surface area contributed by atoms with Crippen molar-refractivity contribution in [2.75, 3.05) is 19.6 Å². The Morgan fingerprint density at radius 2 is 1.91 bits per heavy atom. The van der Waals surface area contributed by atoms with E-state index < -0.39 is 17.4 Å². The Hall–Kier alpha value is -3.89. The number of pyridine rings is 2. The highest BCUT2D eigenvalue weighted by Gasteiger charge is 2.38. The van der Waals surface area contributed by atoms with Crippen LogP contribution in [0.2, 0.25) is 0 Å². The normalized spacial score (nSPS) is 20.4. The van der Waals surface area contributed by atoms with Gasteiger partial charge in [-0.15, -0.1) is 0 Å². The van der Waals surface area contributed by atoms with E-state index in [1.54, 1.807) is 30.7 Å². The highest BCUT2D eigenvalue weighted by Crippen LogP contribution is 2.38. The Balaban J connectivity index is 1.24. The number of fused-ring (bicyclic) bond motifs is 2. The monoisotopic (exact) mass is 628 g/mol. The Morgan fingerprint density at radius 1 is 1.11 bits per heavy atom. The number of aliphatic hydroxyl groups excluding tert-OH is 1. The molecule has 0 saturated carbocycles. The van der Waals surface area contributed by atoms with Crippen LogP contribution in [-0.2, 0) is 12.8 Å². The van der Waals surface area contributed by atoms with Gasteiger partial charge in [0.15, 0.2) is 0 Å². The molecule has 1 aliphatic heterocycles. The Kier molecular flexibility index (Phi) is 9.38. The van der Waals surface area contributed by atoms with Gasteiger partial charge in [0, 0.05) is 41.4 Å². The molecule has 3 atom stereocenters. The summed E-state index contributed by atoms with van der Waals surface area (Å²) in [6, 6.07) is 10.00. The van der Waals surface area contributed by atoms with Crippen molar-refractivity contribution in [3.8, 4) is 11.3 Å². The van der Waals surface area contributed by atoms with Gasteiger partial charge in [-0.2, -0.15) is 10.2 Å². The molecule has 1 saturated heterocycles. The number of hydrogen-bond donors (Lipinski definition) is 2. The molecule has 8 nitrogen and oxygen atoms in total. The van der Waals surface area contributed by atoms with Crippen LogP contribution in [0.4, 0.5) is 8.78 Å². The highest BCUT2D eigenvalue weighted by atomic mass is 19.1. The van der Waals surface area contributed by atoms with E-state index >= 15 is 8.78 Å². The van der Waals surface area contributed by atoms with Gasteiger partial charge in [-0.1, -0.05) is 19.9 Å². The number of aryl methyl sites for hydroxylation is 1. The van der Waals surface area contributed by atoms with Crippen LogP contribution < -0.4 is 5.32 Å². The second kappa shape index (κ2) is 13.5. The summed E-state index contributed by atoms with van der Waals surface area (Å²) in [7, 11) is 0. The Morgan fingerprint density at radius 3 is 2.59 bits per heavy atom. The summed E-state index contributed by atoms with van der Waals surface area (Å²) in [5.41, 5.74) is 2.99. The van der Waals surface area contributed by atoms with Crippen molar-refractivity contribution in [2.45, 2.75) is 77.1 Å². The first-order valence-corrected chi connectivity index (χ1v) is 16.3. The number of carbonyl (C=O) groups excluding carboxylic acids is 1. The predicted octanol–water partition coefficient (Wildman–Crippen LogP) is 6.03. The number of hydrogen-bond acceptors (Lipinski definition) is 7. The number of nitrogens with one attached hydrogen (secondary N) is 1. The van der Waals surface area contributed by atoms with Crippen molar-refractivity contribution < 1.29 is 18.7 Å². The van der Waals surface area contributed by atoms with Crippen molar-refractivity contribution in [2.24, 2.45) is 11.8 Å². The minimum absolute atomic E-state index is 0.142. The summed E-state index contributed by atoms with van der Waals surface area (Å²) in [5.74, 6) is -0.806. The number of piperidine rings is 1. The van der Waals surface area contributed by atoms with Crippen molar-refractivity contribution in [1.82, 2.24) is 30.4 Å². The number of amides is 1. The van der Waals surface area contributed by atoms with E-state index in [-0.39, 0.29) is 35.6 Å². The zero-order valence-corrected chi connectivity index (χ0v) is 26.7. The van der Waals surface area contributed by atoms with Crippen LogP contribution in [0, 0.1) is 17.7 Å². The molecule has 6 rings (SSSR count). The second-order valence-electron chi connectivity index (χ2n) is 13.3. The minimum Gasteiger partial charge on any atom is -0.393 e. The van der Waals surface area contributed by atoms with Crippen LogP contribution >= 0.6 is 0 Å². The lowest BCUT2D eigenvalue weighted by molar-refractivity contribution is 0.0699. The van der Waals surface area contributed by atoms with Gasteiger partial charge in [0.2, 0.25) is 0 Å². The van der Waals surface area contributed by atoms with Gasteiger partial charge in [0.05, 0.1) is 30.2 Å². The second-order valence-corrected chi connectivity index (χ2v) is 13.3. The number of nitrogens with zero attached hydrogens (tertiary/aromatic N) is 5. The SMILES string of the molecule is CC(O)C1CCN(CC[C@@H](NC(=O)c2cc(F)c3nc4c(cc3c2)C[C@](F)(C(C)C)CC4)c2ccc(-c3ccnnc3)nc2)CC1. The summed E-state index contributed by atoms with van der Waals surface area (Å²) in [6.45, 7) is 8.13. The molecule has 46 heavy (non-hydrogen) atoms. The molecule has 1 aliphatic carbocycles. The third-order valence-electron chi connectivity index (χ3n) is 10.0. The summed E-state index contributed by atoms with van der Waals surface area (Å²) in [4.78, 5) is 25.3. The van der Waals surface area contributed by atoms with Crippen LogP contribution in [0.3, 0.4) is 0 Å². The average molecular weight is 629 g/mol. The van der Waals surface area contributed by atoms with Gasteiger partial charge in [-0.3, -0.25) is 9.78 Å². The topological polar surface area (TPSA) is 104 Å². The Labute approximate surface area is 268 Å². The lowest BCUT2D eigenvalue weighted by Crippen LogP contribution is -2.39. The predicted molar refractivity (Wildman–Crippen MR) is 173 cm³/mol. The third-order valence-corrected chi connectivity index (χ3v) is 10.0. The third kappa shape index (κ3) is 6.93. The van der Waals surface area contributed by atoms with E-state index in [0.717, 1.165) is 60.6 Å². The quantitative estimate of drug-likeness (QED) is 0.233. The van der Waals surface area contributed by atoms with E-state index in [4.69, 9.17) is 0 Å². The van der Waals surface area contributed by atoms with Crippen LogP contribution in [0.5, 0.6) is 0 Å². The molecule has 2 aliphatic rings. The van der Waals surface area contributed by atoms with Crippen LogP contribution in [0.15, 0.2) is 55.0 Å². The summed E-state index contributed by atoms with van der Waals surface area (Å²) in [6.07, 6.45) is 8.26. The first-order chi connectivity index (χ1) is 22.1. The smallest absolute Gasteiger partial charge is 0.251 e. The zero-order chi connectivity index (χ0) is 32.4. The molecule has 1 aromatic carbocycles. The van der Waals surface area contributed by atoms with Crippen LogP contribution in [0.25, 0.3) is 22.2 Å².